The summed E-state index contributed by atoms with van der Waals surface area (Å²) in [6.07, 6.45) is 1.37. The zero-order valence-corrected chi connectivity index (χ0v) is 17.5. The first-order chi connectivity index (χ1) is 15.3. The third-order valence-electron chi connectivity index (χ3n) is 4.81. The predicted octanol–water partition coefficient (Wildman–Crippen LogP) is 4.09. The maximum absolute atomic E-state index is 14.5. The number of carbonyl (C=O) groups excluding carboxylic acids is 2. The average molecular weight is 444 g/mol. The van der Waals surface area contributed by atoms with Gasteiger partial charge in [-0.2, -0.15) is 0 Å². The van der Waals surface area contributed by atoms with Gasteiger partial charge in [0.15, 0.2) is 5.65 Å². The number of fused-ring (bicyclic) bond motifs is 1. The van der Waals surface area contributed by atoms with Gasteiger partial charge in [-0.1, -0.05) is 0 Å². The molecule has 0 radical (unpaired) electrons. The number of hydrogen-bond donors (Lipinski definition) is 2. The lowest BCUT2D eigenvalue weighted by molar-refractivity contribution is 0.130. The SMILES string of the molecule is CC(C)OC(=O)Nc1cnc2nn(-c3cc(NC(=O)N4CC[C@@H](F)C4)ccc3F)cc2c1. The molecule has 32 heavy (non-hydrogen) atoms. The molecular formula is C21H22F2N6O3. The lowest BCUT2D eigenvalue weighted by atomic mass is 10.2. The van der Waals surface area contributed by atoms with E-state index >= 15 is 0 Å². The van der Waals surface area contributed by atoms with Crippen LogP contribution in [0.4, 0.5) is 29.7 Å². The zero-order valence-electron chi connectivity index (χ0n) is 17.5. The van der Waals surface area contributed by atoms with Gasteiger partial charge in [0.05, 0.1) is 24.5 Å². The van der Waals surface area contributed by atoms with Gasteiger partial charge in [-0.25, -0.2) is 28.0 Å². The number of carbonyl (C=O) groups is 2. The monoisotopic (exact) mass is 444 g/mol. The van der Waals surface area contributed by atoms with E-state index in [1.807, 2.05) is 0 Å². The van der Waals surface area contributed by atoms with Crippen LogP contribution in [0.1, 0.15) is 20.3 Å². The number of aromatic nitrogens is 3. The summed E-state index contributed by atoms with van der Waals surface area (Å²) < 4.78 is 34.2. The minimum absolute atomic E-state index is 0.0389. The average Bonchev–Trinajstić information content (AvgIpc) is 3.34. The molecule has 2 N–H and O–H groups in total. The molecule has 0 spiro atoms. The van der Waals surface area contributed by atoms with E-state index in [1.165, 1.54) is 34.0 Å². The Morgan fingerprint density at radius 2 is 2.03 bits per heavy atom. The van der Waals surface area contributed by atoms with Crippen molar-refractivity contribution < 1.29 is 23.1 Å². The van der Waals surface area contributed by atoms with Gasteiger partial charge in [-0.05, 0) is 44.5 Å². The van der Waals surface area contributed by atoms with E-state index in [0.717, 1.165) is 0 Å². The molecule has 0 saturated carbocycles. The Morgan fingerprint density at radius 3 is 2.75 bits per heavy atom. The van der Waals surface area contributed by atoms with Crippen LogP contribution < -0.4 is 10.6 Å². The van der Waals surface area contributed by atoms with E-state index < -0.39 is 24.1 Å². The number of amides is 3. The summed E-state index contributed by atoms with van der Waals surface area (Å²) in [6.45, 7) is 3.84. The van der Waals surface area contributed by atoms with E-state index in [2.05, 4.69) is 20.7 Å². The van der Waals surface area contributed by atoms with E-state index in [1.54, 1.807) is 26.1 Å². The highest BCUT2D eigenvalue weighted by molar-refractivity contribution is 5.90. The summed E-state index contributed by atoms with van der Waals surface area (Å²) in [7, 11) is 0. The molecule has 1 saturated heterocycles. The first-order valence-corrected chi connectivity index (χ1v) is 10.1. The molecule has 1 aliphatic rings. The number of anilines is 2. The first kappa shape index (κ1) is 21.5. The predicted molar refractivity (Wildman–Crippen MR) is 114 cm³/mol. The highest BCUT2D eigenvalue weighted by Gasteiger charge is 2.26. The van der Waals surface area contributed by atoms with Crippen molar-refractivity contribution in [3.63, 3.8) is 0 Å². The summed E-state index contributed by atoms with van der Waals surface area (Å²) in [6, 6.07) is 5.25. The van der Waals surface area contributed by atoms with Crippen molar-refractivity contribution in [3.05, 3.63) is 42.5 Å². The normalized spacial score (nSPS) is 15.9. The topological polar surface area (TPSA) is 101 Å². The number of ether oxygens (including phenoxy) is 1. The molecule has 3 heterocycles. The minimum Gasteiger partial charge on any atom is -0.447 e. The number of urea groups is 1. The third-order valence-corrected chi connectivity index (χ3v) is 4.81. The zero-order chi connectivity index (χ0) is 22.8. The summed E-state index contributed by atoms with van der Waals surface area (Å²) in [5, 5.41) is 10.1. The highest BCUT2D eigenvalue weighted by atomic mass is 19.1. The Balaban J connectivity index is 1.54. The number of nitrogens with zero attached hydrogens (tertiary/aromatic N) is 4. The molecule has 1 fully saturated rings. The molecule has 168 valence electrons. The molecular weight excluding hydrogens is 422 g/mol. The Hall–Kier alpha value is -3.76. The standard InChI is InChI=1S/C21H22F2N6O3/c1-12(2)32-21(31)26-16-7-13-10-29(27-19(13)24-9-16)18-8-15(3-4-17(18)23)25-20(30)28-6-5-14(22)11-28/h3-4,7-10,12,14H,5-6,11H2,1-2H3,(H,25,30)(H,26,31)/t14-/m1/s1. The molecule has 0 unspecified atom stereocenters. The van der Waals surface area contributed by atoms with Gasteiger partial charge in [-0.15, -0.1) is 5.10 Å². The van der Waals surface area contributed by atoms with Crippen LogP contribution in [0.5, 0.6) is 0 Å². The van der Waals surface area contributed by atoms with Gasteiger partial charge in [0.25, 0.3) is 0 Å². The summed E-state index contributed by atoms with van der Waals surface area (Å²) >= 11 is 0. The Kier molecular flexibility index (Phi) is 5.89. The number of benzene rings is 1. The molecule has 1 aromatic carbocycles. The number of hydrogen-bond acceptors (Lipinski definition) is 5. The van der Waals surface area contributed by atoms with Crippen molar-refractivity contribution in [2.24, 2.45) is 0 Å². The van der Waals surface area contributed by atoms with Gasteiger partial charge < -0.3 is 15.0 Å². The molecule has 3 amide bonds. The summed E-state index contributed by atoms with van der Waals surface area (Å²) in [4.78, 5) is 29.6. The molecule has 9 nitrogen and oxygen atoms in total. The van der Waals surface area contributed by atoms with Crippen LogP contribution in [0, 0.1) is 5.82 Å². The molecule has 0 bridgehead atoms. The van der Waals surface area contributed by atoms with Crippen molar-refractivity contribution in [1.82, 2.24) is 19.7 Å². The number of pyridine rings is 1. The summed E-state index contributed by atoms with van der Waals surface area (Å²) in [5.41, 5.74) is 1.19. The van der Waals surface area contributed by atoms with E-state index in [0.29, 0.717) is 35.4 Å². The molecule has 3 aromatic rings. The molecule has 4 rings (SSSR count). The molecule has 1 aliphatic heterocycles. The van der Waals surface area contributed by atoms with Crippen molar-refractivity contribution in [3.8, 4) is 5.69 Å². The Labute approximate surface area is 182 Å². The van der Waals surface area contributed by atoms with Crippen LogP contribution in [-0.2, 0) is 4.74 Å². The first-order valence-electron chi connectivity index (χ1n) is 10.1. The van der Waals surface area contributed by atoms with Crippen molar-refractivity contribution in [2.75, 3.05) is 23.7 Å². The fourth-order valence-corrected chi connectivity index (χ4v) is 3.34. The van der Waals surface area contributed by atoms with Crippen LogP contribution >= 0.6 is 0 Å². The fraction of sp³-hybridized carbons (Fsp3) is 0.333. The number of rotatable bonds is 4. The van der Waals surface area contributed by atoms with Crippen LogP contribution in [-0.4, -0.2) is 57.2 Å². The number of halogens is 2. The number of likely N-dealkylation sites (tertiary alicyclic amines) is 1. The maximum Gasteiger partial charge on any atom is 0.411 e. The van der Waals surface area contributed by atoms with E-state index in [4.69, 9.17) is 4.74 Å². The van der Waals surface area contributed by atoms with Crippen LogP contribution in [0.2, 0.25) is 0 Å². The molecule has 0 aliphatic carbocycles. The lowest BCUT2D eigenvalue weighted by Crippen LogP contribution is -2.33. The van der Waals surface area contributed by atoms with Gasteiger partial charge in [0.1, 0.15) is 17.7 Å². The second-order valence-electron chi connectivity index (χ2n) is 7.72. The number of alkyl halides is 1. The van der Waals surface area contributed by atoms with Gasteiger partial charge in [0, 0.05) is 23.8 Å². The number of nitrogens with one attached hydrogen (secondary N) is 2. The van der Waals surface area contributed by atoms with Crippen molar-refractivity contribution in [2.45, 2.75) is 32.5 Å². The quantitative estimate of drug-likeness (QED) is 0.631. The molecule has 2 aromatic heterocycles. The summed E-state index contributed by atoms with van der Waals surface area (Å²) in [5.74, 6) is -0.556. The smallest absolute Gasteiger partial charge is 0.411 e. The van der Waals surface area contributed by atoms with Gasteiger partial charge in [-0.3, -0.25) is 5.32 Å². The van der Waals surface area contributed by atoms with E-state index in [9.17, 15) is 18.4 Å². The van der Waals surface area contributed by atoms with Crippen molar-refractivity contribution in [1.29, 1.82) is 0 Å². The van der Waals surface area contributed by atoms with Crippen molar-refractivity contribution >= 4 is 34.5 Å². The molecule has 1 atom stereocenters. The molecule has 11 heteroatoms. The lowest BCUT2D eigenvalue weighted by Gasteiger charge is -2.16. The Morgan fingerprint density at radius 1 is 1.22 bits per heavy atom. The fourth-order valence-electron chi connectivity index (χ4n) is 3.34. The highest BCUT2D eigenvalue weighted by Crippen LogP contribution is 2.23. The van der Waals surface area contributed by atoms with Crippen LogP contribution in [0.25, 0.3) is 16.7 Å². The minimum atomic E-state index is -1.03. The van der Waals surface area contributed by atoms with E-state index in [-0.39, 0.29) is 18.3 Å². The second-order valence-corrected chi connectivity index (χ2v) is 7.72. The second kappa shape index (κ2) is 8.77. The third kappa shape index (κ3) is 4.76. The maximum atomic E-state index is 14.5. The van der Waals surface area contributed by atoms with Crippen LogP contribution in [0.15, 0.2) is 36.7 Å². The largest absolute Gasteiger partial charge is 0.447 e. The van der Waals surface area contributed by atoms with Gasteiger partial charge >= 0.3 is 12.1 Å². The van der Waals surface area contributed by atoms with Gasteiger partial charge in [0.2, 0.25) is 0 Å². The van der Waals surface area contributed by atoms with Crippen LogP contribution in [0.3, 0.4) is 0 Å². The Bertz CT molecular complexity index is 1170.